The van der Waals surface area contributed by atoms with Crippen LogP contribution >= 0.6 is 0 Å². The van der Waals surface area contributed by atoms with Gasteiger partial charge in [-0.05, 0) is 56.6 Å². The normalized spacial score (nSPS) is 21.7. The molecule has 156 valence electrons. The summed E-state index contributed by atoms with van der Waals surface area (Å²) >= 11 is 0. The van der Waals surface area contributed by atoms with Crippen molar-refractivity contribution in [2.45, 2.75) is 50.6 Å². The van der Waals surface area contributed by atoms with E-state index in [2.05, 4.69) is 31.1 Å². The van der Waals surface area contributed by atoms with Crippen molar-refractivity contribution < 1.29 is 4.74 Å². The van der Waals surface area contributed by atoms with Gasteiger partial charge in [0.2, 0.25) is 5.95 Å². The molecular weight excluding hydrogens is 366 g/mol. The summed E-state index contributed by atoms with van der Waals surface area (Å²) in [5.74, 6) is 2.28. The standard InChI is InChI=1S/C21H31N7O/c1-29-11-10-22-17-4-6-18(7-5-17)26-21-23-9-8-19(27-21)16-12-20(28-25-14-16)24-13-15-2-3-15/h8-9,12,14-15,17-18,22H,2-7,10-11,13H2,1H3,(H,24,28)(H,23,26,27). The van der Waals surface area contributed by atoms with Gasteiger partial charge in [-0.1, -0.05) is 0 Å². The van der Waals surface area contributed by atoms with Crippen molar-refractivity contribution in [1.29, 1.82) is 0 Å². The van der Waals surface area contributed by atoms with Crippen molar-refractivity contribution in [3.63, 3.8) is 0 Å². The third-order valence-electron chi connectivity index (χ3n) is 5.67. The van der Waals surface area contributed by atoms with Crippen molar-refractivity contribution >= 4 is 11.8 Å². The van der Waals surface area contributed by atoms with Crippen LogP contribution in [-0.2, 0) is 4.74 Å². The number of methoxy groups -OCH3 is 1. The number of nitrogens with one attached hydrogen (secondary N) is 3. The summed E-state index contributed by atoms with van der Waals surface area (Å²) in [5.41, 5.74) is 1.82. The molecule has 0 saturated heterocycles. The maximum absolute atomic E-state index is 5.11. The quantitative estimate of drug-likeness (QED) is 0.527. The molecule has 0 spiro atoms. The summed E-state index contributed by atoms with van der Waals surface area (Å²) in [4.78, 5) is 9.14. The molecule has 2 fully saturated rings. The minimum Gasteiger partial charge on any atom is -0.383 e. The Hall–Kier alpha value is -2.32. The lowest BCUT2D eigenvalue weighted by atomic mass is 9.91. The molecule has 29 heavy (non-hydrogen) atoms. The SMILES string of the molecule is COCCNC1CCC(Nc2nccc(-c3cnnc(NCC4CC4)c3)n2)CC1. The molecule has 0 aromatic carbocycles. The number of aromatic nitrogens is 4. The van der Waals surface area contributed by atoms with Gasteiger partial charge in [-0.25, -0.2) is 9.97 Å². The predicted molar refractivity (Wildman–Crippen MR) is 114 cm³/mol. The van der Waals surface area contributed by atoms with E-state index in [1.54, 1.807) is 19.5 Å². The van der Waals surface area contributed by atoms with E-state index >= 15 is 0 Å². The van der Waals surface area contributed by atoms with Crippen LogP contribution in [0.25, 0.3) is 11.3 Å². The van der Waals surface area contributed by atoms with E-state index in [1.165, 1.54) is 12.8 Å². The van der Waals surface area contributed by atoms with Gasteiger partial charge in [-0.15, -0.1) is 5.10 Å². The molecule has 8 heteroatoms. The van der Waals surface area contributed by atoms with Crippen LogP contribution in [0.5, 0.6) is 0 Å². The fourth-order valence-electron chi connectivity index (χ4n) is 3.74. The van der Waals surface area contributed by atoms with Gasteiger partial charge in [0.05, 0.1) is 18.5 Å². The van der Waals surface area contributed by atoms with Gasteiger partial charge in [-0.2, -0.15) is 5.10 Å². The lowest BCUT2D eigenvalue weighted by Gasteiger charge is -2.29. The van der Waals surface area contributed by atoms with Crippen LogP contribution in [0.4, 0.5) is 11.8 Å². The molecule has 2 heterocycles. The summed E-state index contributed by atoms with van der Waals surface area (Å²) in [5, 5.41) is 18.8. The van der Waals surface area contributed by atoms with Crippen LogP contribution in [0.3, 0.4) is 0 Å². The first-order chi connectivity index (χ1) is 14.3. The average molecular weight is 398 g/mol. The van der Waals surface area contributed by atoms with Crippen LogP contribution in [-0.4, -0.2) is 59.1 Å². The van der Waals surface area contributed by atoms with E-state index in [4.69, 9.17) is 9.72 Å². The minimum atomic E-state index is 0.414. The molecule has 0 atom stereocenters. The van der Waals surface area contributed by atoms with Gasteiger partial charge in [-0.3, -0.25) is 0 Å². The fraction of sp³-hybridized carbons (Fsp3) is 0.619. The molecular formula is C21H31N7O. The Morgan fingerprint density at radius 3 is 2.72 bits per heavy atom. The third-order valence-corrected chi connectivity index (χ3v) is 5.67. The smallest absolute Gasteiger partial charge is 0.223 e. The van der Waals surface area contributed by atoms with E-state index in [9.17, 15) is 0 Å². The molecule has 2 aliphatic rings. The Bertz CT molecular complexity index is 775. The van der Waals surface area contributed by atoms with Crippen molar-refractivity contribution in [2.75, 3.05) is 37.4 Å². The van der Waals surface area contributed by atoms with E-state index in [0.29, 0.717) is 18.0 Å². The molecule has 2 aromatic rings. The topological polar surface area (TPSA) is 96.9 Å². The number of ether oxygens (including phenoxy) is 1. The van der Waals surface area contributed by atoms with E-state index in [0.717, 1.165) is 68.4 Å². The summed E-state index contributed by atoms with van der Waals surface area (Å²) in [7, 11) is 1.74. The Kier molecular flexibility index (Phi) is 6.84. The maximum atomic E-state index is 5.11. The second kappa shape index (κ2) is 9.93. The molecule has 4 rings (SSSR count). The average Bonchev–Trinajstić information content (AvgIpc) is 3.59. The molecule has 2 aromatic heterocycles. The zero-order valence-corrected chi connectivity index (χ0v) is 17.1. The first-order valence-electron chi connectivity index (χ1n) is 10.7. The molecule has 2 saturated carbocycles. The first kappa shape index (κ1) is 20.0. The Balaban J connectivity index is 1.31. The molecule has 8 nitrogen and oxygen atoms in total. The lowest BCUT2D eigenvalue weighted by Crippen LogP contribution is -2.38. The van der Waals surface area contributed by atoms with Crippen molar-refractivity contribution in [3.05, 3.63) is 24.5 Å². The van der Waals surface area contributed by atoms with Crippen molar-refractivity contribution in [3.8, 4) is 11.3 Å². The second-order valence-electron chi connectivity index (χ2n) is 8.06. The highest BCUT2D eigenvalue weighted by atomic mass is 16.5. The number of rotatable bonds is 10. The molecule has 2 aliphatic carbocycles. The van der Waals surface area contributed by atoms with Crippen molar-refractivity contribution in [2.24, 2.45) is 5.92 Å². The largest absolute Gasteiger partial charge is 0.383 e. The number of nitrogens with zero attached hydrogens (tertiary/aromatic N) is 4. The third kappa shape index (κ3) is 6.08. The van der Waals surface area contributed by atoms with Crippen molar-refractivity contribution in [1.82, 2.24) is 25.5 Å². The van der Waals surface area contributed by atoms with E-state index in [-0.39, 0.29) is 0 Å². The first-order valence-corrected chi connectivity index (χ1v) is 10.7. The number of hydrogen-bond donors (Lipinski definition) is 3. The summed E-state index contributed by atoms with van der Waals surface area (Å²) < 4.78 is 5.11. The Morgan fingerprint density at radius 1 is 1.10 bits per heavy atom. The van der Waals surface area contributed by atoms with Gasteiger partial charge < -0.3 is 20.7 Å². The summed E-state index contributed by atoms with van der Waals surface area (Å²) in [6.45, 7) is 2.65. The highest BCUT2D eigenvalue weighted by molar-refractivity contribution is 5.62. The molecule has 0 aliphatic heterocycles. The van der Waals surface area contributed by atoms with Crippen LogP contribution in [0, 0.1) is 5.92 Å². The Morgan fingerprint density at radius 2 is 1.93 bits per heavy atom. The fourth-order valence-corrected chi connectivity index (χ4v) is 3.74. The molecule has 0 radical (unpaired) electrons. The highest BCUT2D eigenvalue weighted by Gasteiger charge is 2.22. The summed E-state index contributed by atoms with van der Waals surface area (Å²) in [6, 6.07) is 4.93. The van der Waals surface area contributed by atoms with Crippen LogP contribution in [0.1, 0.15) is 38.5 Å². The van der Waals surface area contributed by atoms with Gasteiger partial charge >= 0.3 is 0 Å². The van der Waals surface area contributed by atoms with Crippen LogP contribution in [0.2, 0.25) is 0 Å². The van der Waals surface area contributed by atoms with Crippen LogP contribution in [0.15, 0.2) is 24.5 Å². The van der Waals surface area contributed by atoms with E-state index < -0.39 is 0 Å². The molecule has 0 amide bonds. The van der Waals surface area contributed by atoms with Gasteiger partial charge in [0.15, 0.2) is 0 Å². The van der Waals surface area contributed by atoms with E-state index in [1.807, 2.05) is 12.1 Å². The molecule has 3 N–H and O–H groups in total. The monoisotopic (exact) mass is 397 g/mol. The predicted octanol–water partition coefficient (Wildman–Crippen LogP) is 2.71. The van der Waals surface area contributed by atoms with Gasteiger partial charge in [0, 0.05) is 44.0 Å². The van der Waals surface area contributed by atoms with Crippen LogP contribution < -0.4 is 16.0 Å². The Labute approximate surface area is 172 Å². The minimum absolute atomic E-state index is 0.414. The van der Waals surface area contributed by atoms with Gasteiger partial charge in [0.25, 0.3) is 0 Å². The number of hydrogen-bond acceptors (Lipinski definition) is 8. The molecule has 0 bridgehead atoms. The lowest BCUT2D eigenvalue weighted by molar-refractivity contribution is 0.191. The zero-order valence-electron chi connectivity index (χ0n) is 17.1. The second-order valence-corrected chi connectivity index (χ2v) is 8.06. The molecule has 0 unspecified atom stereocenters. The summed E-state index contributed by atoms with van der Waals surface area (Å²) in [6.07, 6.45) is 10.7. The van der Waals surface area contributed by atoms with Gasteiger partial charge in [0.1, 0.15) is 5.82 Å². The maximum Gasteiger partial charge on any atom is 0.223 e. The zero-order chi connectivity index (χ0) is 19.9. The number of anilines is 2. The highest BCUT2D eigenvalue weighted by Crippen LogP contribution is 2.29.